The first-order chi connectivity index (χ1) is 18.7. The van der Waals surface area contributed by atoms with Gasteiger partial charge in [-0.2, -0.15) is 0 Å². The quantitative estimate of drug-likeness (QED) is 0.366. The van der Waals surface area contributed by atoms with Crippen LogP contribution >= 0.6 is 0 Å². The molecule has 2 aliphatic rings. The van der Waals surface area contributed by atoms with Gasteiger partial charge >= 0.3 is 0 Å². The third-order valence-corrected chi connectivity index (χ3v) is 8.13. The Morgan fingerprint density at radius 3 is 2.24 bits per heavy atom. The molecule has 0 spiro atoms. The monoisotopic (exact) mass is 510 g/mol. The number of benzene rings is 2. The van der Waals surface area contributed by atoms with Crippen molar-refractivity contribution in [3.63, 3.8) is 0 Å². The van der Waals surface area contributed by atoms with E-state index in [1.54, 1.807) is 28.4 Å². The van der Waals surface area contributed by atoms with Crippen molar-refractivity contribution in [3.05, 3.63) is 58.9 Å². The van der Waals surface area contributed by atoms with Crippen LogP contribution in [0.15, 0.2) is 42.6 Å². The van der Waals surface area contributed by atoms with Gasteiger partial charge in [-0.1, -0.05) is 24.3 Å². The summed E-state index contributed by atoms with van der Waals surface area (Å²) in [6.45, 7) is 0.673. The Morgan fingerprint density at radius 2 is 1.53 bits per heavy atom. The second-order valence-corrected chi connectivity index (χ2v) is 9.84. The number of H-pyrrole nitrogens is 2. The first kappa shape index (κ1) is 22.8. The van der Waals surface area contributed by atoms with Crippen LogP contribution in [0.5, 0.6) is 17.2 Å². The number of hydrogen-bond donors (Lipinski definition) is 2. The van der Waals surface area contributed by atoms with Crippen LogP contribution in [-0.4, -0.2) is 54.8 Å². The zero-order valence-electron chi connectivity index (χ0n) is 22.0. The lowest BCUT2D eigenvalue weighted by atomic mass is 9.93. The SMILES string of the molecule is COC1=c2c([nH]c3c(OC)cccc23)=C2CCC[C@H](c3ncc(OC)c4c3[nH]c3c(OC)cccc34)N2C1. The van der Waals surface area contributed by atoms with Crippen LogP contribution in [0.2, 0.25) is 0 Å². The Kier molecular flexibility index (Phi) is 5.18. The highest BCUT2D eigenvalue weighted by Crippen LogP contribution is 2.44. The minimum atomic E-state index is 0.0674. The number of methoxy groups -OCH3 is 4. The summed E-state index contributed by atoms with van der Waals surface area (Å²) in [4.78, 5) is 14.8. The normalized spacial score (nSPS) is 17.2. The van der Waals surface area contributed by atoms with Crippen LogP contribution < -0.4 is 24.8 Å². The molecule has 0 unspecified atom stereocenters. The molecule has 8 heteroatoms. The molecule has 2 aliphatic heterocycles. The average molecular weight is 511 g/mol. The molecule has 38 heavy (non-hydrogen) atoms. The van der Waals surface area contributed by atoms with Crippen LogP contribution in [-0.2, 0) is 4.74 Å². The molecule has 1 fully saturated rings. The second-order valence-electron chi connectivity index (χ2n) is 9.84. The van der Waals surface area contributed by atoms with Crippen molar-refractivity contribution in [1.82, 2.24) is 19.9 Å². The zero-order chi connectivity index (χ0) is 26.0. The summed E-state index contributed by atoms with van der Waals surface area (Å²) in [6, 6.07) is 12.3. The van der Waals surface area contributed by atoms with Gasteiger partial charge in [-0.05, 0) is 31.4 Å². The summed E-state index contributed by atoms with van der Waals surface area (Å²) in [7, 11) is 6.86. The number of nitrogens with zero attached hydrogens (tertiary/aromatic N) is 2. The van der Waals surface area contributed by atoms with Crippen molar-refractivity contribution in [2.75, 3.05) is 35.0 Å². The molecule has 1 saturated heterocycles. The number of fused-ring (bicyclic) bond motifs is 7. The van der Waals surface area contributed by atoms with Gasteiger partial charge in [0.2, 0.25) is 0 Å². The van der Waals surface area contributed by atoms with Gasteiger partial charge in [0, 0.05) is 21.7 Å². The summed E-state index contributed by atoms with van der Waals surface area (Å²) in [6.07, 6.45) is 4.88. The van der Waals surface area contributed by atoms with Crippen molar-refractivity contribution < 1.29 is 18.9 Å². The largest absolute Gasteiger partial charge is 0.498 e. The number of ether oxygens (including phenoxy) is 4. The van der Waals surface area contributed by atoms with Crippen LogP contribution in [0.3, 0.4) is 0 Å². The minimum Gasteiger partial charge on any atom is -0.498 e. The van der Waals surface area contributed by atoms with Crippen molar-refractivity contribution >= 4 is 44.2 Å². The second kappa shape index (κ2) is 8.62. The summed E-state index contributed by atoms with van der Waals surface area (Å²) in [5.41, 5.74) is 5.22. The average Bonchev–Trinajstić information content (AvgIpc) is 3.56. The summed E-state index contributed by atoms with van der Waals surface area (Å²) < 4.78 is 23.2. The van der Waals surface area contributed by atoms with E-state index in [1.165, 1.54) is 5.70 Å². The molecule has 1 atom stereocenters. The number of aromatic amines is 2. The van der Waals surface area contributed by atoms with E-state index in [4.69, 9.17) is 23.9 Å². The predicted octanol–water partition coefficient (Wildman–Crippen LogP) is 4.33. The van der Waals surface area contributed by atoms with Crippen LogP contribution in [0.1, 0.15) is 31.0 Å². The molecular formula is C30H30N4O4. The van der Waals surface area contributed by atoms with Crippen LogP contribution in [0, 0.1) is 0 Å². The van der Waals surface area contributed by atoms with E-state index in [0.29, 0.717) is 6.54 Å². The third kappa shape index (κ3) is 3.06. The minimum absolute atomic E-state index is 0.0674. The fourth-order valence-electron chi connectivity index (χ4n) is 6.45. The van der Waals surface area contributed by atoms with E-state index in [9.17, 15) is 0 Å². The van der Waals surface area contributed by atoms with Gasteiger partial charge in [0.15, 0.2) is 0 Å². The number of rotatable bonds is 5. The number of aromatic nitrogens is 3. The maximum atomic E-state index is 6.03. The lowest BCUT2D eigenvalue weighted by Crippen LogP contribution is -2.46. The topological polar surface area (TPSA) is 84.6 Å². The molecule has 0 aliphatic carbocycles. The lowest BCUT2D eigenvalue weighted by Gasteiger charge is -2.40. The number of nitrogens with one attached hydrogen (secondary N) is 2. The Hall–Kier alpha value is -4.33. The summed E-state index contributed by atoms with van der Waals surface area (Å²) >= 11 is 0. The van der Waals surface area contributed by atoms with E-state index in [-0.39, 0.29) is 6.04 Å². The van der Waals surface area contributed by atoms with Crippen LogP contribution in [0.4, 0.5) is 0 Å². The molecule has 3 aromatic heterocycles. The van der Waals surface area contributed by atoms with E-state index < -0.39 is 0 Å². The first-order valence-corrected chi connectivity index (χ1v) is 12.9. The maximum Gasteiger partial charge on any atom is 0.147 e. The number of hydrogen-bond acceptors (Lipinski definition) is 6. The molecule has 8 nitrogen and oxygen atoms in total. The van der Waals surface area contributed by atoms with Crippen molar-refractivity contribution in [2.45, 2.75) is 25.3 Å². The molecule has 2 N–H and O–H groups in total. The van der Waals surface area contributed by atoms with Crippen molar-refractivity contribution in [3.8, 4) is 17.2 Å². The number of piperidine rings is 1. The molecule has 0 radical (unpaired) electrons. The molecular weight excluding hydrogens is 480 g/mol. The highest BCUT2D eigenvalue weighted by Gasteiger charge is 2.35. The van der Waals surface area contributed by atoms with Gasteiger partial charge in [-0.3, -0.25) is 4.98 Å². The Bertz CT molecular complexity index is 1850. The predicted molar refractivity (Wildman–Crippen MR) is 148 cm³/mol. The Morgan fingerprint density at radius 1 is 0.816 bits per heavy atom. The highest BCUT2D eigenvalue weighted by atomic mass is 16.5. The van der Waals surface area contributed by atoms with Gasteiger partial charge in [0.1, 0.15) is 23.0 Å². The van der Waals surface area contributed by atoms with E-state index in [2.05, 4.69) is 27.0 Å². The van der Waals surface area contributed by atoms with Gasteiger partial charge in [-0.25, -0.2) is 0 Å². The molecule has 0 saturated carbocycles. The number of pyridine rings is 1. The molecule has 2 aromatic carbocycles. The first-order valence-electron chi connectivity index (χ1n) is 12.9. The van der Waals surface area contributed by atoms with Gasteiger partial charge in [-0.15, -0.1) is 0 Å². The number of para-hydroxylation sites is 2. The maximum absolute atomic E-state index is 6.03. The molecule has 5 aromatic rings. The van der Waals surface area contributed by atoms with Gasteiger partial charge in [0.25, 0.3) is 0 Å². The molecule has 5 heterocycles. The van der Waals surface area contributed by atoms with Crippen molar-refractivity contribution in [1.29, 1.82) is 0 Å². The zero-order valence-corrected chi connectivity index (χ0v) is 22.0. The standard InChI is InChI=1S/C30H30N4O4/c1-35-20-12-6-9-17-25-23(38-4)15-34-18(28(25)32-26(17)20)10-7-11-19(34)29-30-24(22(37-3)14-31-29)16-8-5-13-21(36-2)27(16)33-30/h5-6,8-9,12-14,19,32-33H,7,10-11,15H2,1-4H3/t19-/m1/s1. The molecule has 7 rings (SSSR count). The fourth-order valence-corrected chi connectivity index (χ4v) is 6.45. The van der Waals surface area contributed by atoms with Crippen molar-refractivity contribution in [2.24, 2.45) is 0 Å². The van der Waals surface area contributed by atoms with E-state index in [1.807, 2.05) is 30.5 Å². The smallest absolute Gasteiger partial charge is 0.147 e. The van der Waals surface area contributed by atoms with E-state index >= 15 is 0 Å². The molecule has 194 valence electrons. The Labute approximate surface area is 219 Å². The van der Waals surface area contributed by atoms with Crippen LogP contribution in [0.25, 0.3) is 44.2 Å². The molecule has 0 amide bonds. The molecule has 0 bridgehead atoms. The Balaban J connectivity index is 1.48. The highest BCUT2D eigenvalue weighted by molar-refractivity contribution is 6.12. The summed E-state index contributed by atoms with van der Waals surface area (Å²) in [5.74, 6) is 3.32. The van der Waals surface area contributed by atoms with E-state index in [0.717, 1.165) is 91.2 Å². The third-order valence-electron chi connectivity index (χ3n) is 8.13. The van der Waals surface area contributed by atoms with Gasteiger partial charge in [0.05, 0.1) is 80.2 Å². The summed E-state index contributed by atoms with van der Waals surface area (Å²) in [5, 5.41) is 5.46. The lowest BCUT2D eigenvalue weighted by molar-refractivity contribution is 0.230. The van der Waals surface area contributed by atoms with Gasteiger partial charge < -0.3 is 33.8 Å². The fraction of sp³-hybridized carbons (Fsp3) is 0.300.